The van der Waals surface area contributed by atoms with Gasteiger partial charge in [-0.15, -0.1) is 0 Å². The van der Waals surface area contributed by atoms with E-state index in [4.69, 9.17) is 14.2 Å². The summed E-state index contributed by atoms with van der Waals surface area (Å²) in [5, 5.41) is 7.57. The Morgan fingerprint density at radius 1 is 0.919 bits per heavy atom. The number of nitrogens with one attached hydrogen (secondary N) is 1. The molecule has 2 heterocycles. The maximum atomic E-state index is 13.4. The van der Waals surface area contributed by atoms with Gasteiger partial charge < -0.3 is 19.5 Å². The lowest BCUT2D eigenvalue weighted by molar-refractivity contribution is -0.140. The van der Waals surface area contributed by atoms with E-state index in [0.717, 1.165) is 16.7 Å². The summed E-state index contributed by atoms with van der Waals surface area (Å²) in [6, 6.07) is 24.7. The van der Waals surface area contributed by atoms with Crippen molar-refractivity contribution in [2.24, 2.45) is 0 Å². The smallest absolute Gasteiger partial charge is 0.338 e. The number of esters is 1. The van der Waals surface area contributed by atoms with Crippen LogP contribution in [-0.4, -0.2) is 27.3 Å². The monoisotopic (exact) mass is 496 g/mol. The highest BCUT2D eigenvalue weighted by atomic mass is 16.5. The predicted molar refractivity (Wildman–Crippen MR) is 139 cm³/mol. The number of carbonyl (C=O) groups excluding carboxylic acids is 1. The molecule has 37 heavy (non-hydrogen) atoms. The van der Waals surface area contributed by atoms with Crippen molar-refractivity contribution in [2.75, 3.05) is 11.9 Å². The Morgan fingerprint density at radius 2 is 1.62 bits per heavy atom. The van der Waals surface area contributed by atoms with Gasteiger partial charge in [0.2, 0.25) is 5.95 Å². The van der Waals surface area contributed by atoms with Gasteiger partial charge in [0.1, 0.15) is 25.6 Å². The van der Waals surface area contributed by atoms with Gasteiger partial charge in [0.15, 0.2) is 11.5 Å². The number of hydrogen-bond acceptors (Lipinski definition) is 7. The van der Waals surface area contributed by atoms with Crippen LogP contribution in [0.2, 0.25) is 0 Å². The third-order valence-electron chi connectivity index (χ3n) is 6.05. The quantitative estimate of drug-likeness (QED) is 0.315. The van der Waals surface area contributed by atoms with Gasteiger partial charge >= 0.3 is 5.97 Å². The third kappa shape index (κ3) is 5.33. The highest BCUT2D eigenvalue weighted by molar-refractivity contribution is 5.92. The molecule has 0 saturated heterocycles. The van der Waals surface area contributed by atoms with E-state index in [-0.39, 0.29) is 6.61 Å². The Balaban J connectivity index is 1.45. The minimum absolute atomic E-state index is 0.170. The molecule has 1 atom stereocenters. The van der Waals surface area contributed by atoms with Gasteiger partial charge in [0.05, 0.1) is 12.2 Å². The van der Waals surface area contributed by atoms with E-state index in [2.05, 4.69) is 15.4 Å². The largest absolute Gasteiger partial charge is 0.490 e. The Kier molecular flexibility index (Phi) is 7.16. The molecule has 3 aromatic carbocycles. The van der Waals surface area contributed by atoms with Crippen molar-refractivity contribution in [1.29, 1.82) is 0 Å². The van der Waals surface area contributed by atoms with E-state index >= 15 is 0 Å². The molecule has 0 saturated carbocycles. The Labute approximate surface area is 215 Å². The highest BCUT2D eigenvalue weighted by Gasteiger charge is 2.35. The second-order valence-electron chi connectivity index (χ2n) is 8.57. The van der Waals surface area contributed by atoms with Crippen molar-refractivity contribution in [3.8, 4) is 11.5 Å². The van der Waals surface area contributed by atoms with Crippen molar-refractivity contribution in [3.63, 3.8) is 0 Å². The van der Waals surface area contributed by atoms with Gasteiger partial charge in [-0.1, -0.05) is 66.7 Å². The summed E-state index contributed by atoms with van der Waals surface area (Å²) in [6.45, 7) is 4.81. The van der Waals surface area contributed by atoms with Gasteiger partial charge in [0.25, 0.3) is 0 Å². The van der Waals surface area contributed by atoms with Crippen LogP contribution in [0, 0.1) is 0 Å². The number of hydrogen-bond donors (Lipinski definition) is 1. The molecule has 1 N–H and O–H groups in total. The number of fused-ring (bicyclic) bond motifs is 1. The zero-order valence-electron chi connectivity index (χ0n) is 20.8. The Bertz CT molecular complexity index is 1400. The fraction of sp³-hybridized carbons (Fsp3) is 0.207. The lowest BCUT2D eigenvalue weighted by atomic mass is 9.95. The van der Waals surface area contributed by atoms with Crippen LogP contribution < -0.4 is 14.8 Å². The molecule has 0 fully saturated rings. The normalized spacial score (nSPS) is 14.5. The molecule has 1 aliphatic heterocycles. The van der Waals surface area contributed by atoms with Crippen LogP contribution in [0.1, 0.15) is 36.6 Å². The van der Waals surface area contributed by atoms with Crippen LogP contribution in [0.15, 0.2) is 96.5 Å². The molecule has 0 unspecified atom stereocenters. The van der Waals surface area contributed by atoms with Crippen molar-refractivity contribution >= 4 is 11.9 Å². The molecule has 5 rings (SSSR count). The molecule has 0 aliphatic carbocycles. The second-order valence-corrected chi connectivity index (χ2v) is 8.57. The summed E-state index contributed by atoms with van der Waals surface area (Å²) in [5.41, 5.74) is 3.88. The SMILES string of the molecule is CCOc1cc([C@@H]2C(C(=O)OCc3ccccc3)=C(C)Nc3ncnn32)ccc1OCc1ccccc1. The molecule has 188 valence electrons. The molecule has 1 aliphatic rings. The van der Waals surface area contributed by atoms with Crippen molar-refractivity contribution in [3.05, 3.63) is 113 Å². The number of carbonyl (C=O) groups is 1. The second kappa shape index (κ2) is 11.0. The fourth-order valence-electron chi connectivity index (χ4n) is 4.28. The predicted octanol–water partition coefficient (Wildman–Crippen LogP) is 5.29. The minimum Gasteiger partial charge on any atom is -0.490 e. The molecule has 1 aromatic heterocycles. The molecule has 4 aromatic rings. The summed E-state index contributed by atoms with van der Waals surface area (Å²) in [7, 11) is 0. The zero-order valence-corrected chi connectivity index (χ0v) is 20.8. The average molecular weight is 497 g/mol. The molecule has 0 amide bonds. The van der Waals surface area contributed by atoms with Gasteiger partial charge in [-0.3, -0.25) is 0 Å². The van der Waals surface area contributed by atoms with Crippen LogP contribution in [-0.2, 0) is 22.7 Å². The summed E-state index contributed by atoms with van der Waals surface area (Å²) in [6.07, 6.45) is 1.46. The number of allylic oxidation sites excluding steroid dienone is 1. The van der Waals surface area contributed by atoms with Gasteiger partial charge in [-0.05, 0) is 42.7 Å². The first kappa shape index (κ1) is 24.1. The maximum absolute atomic E-state index is 13.4. The first-order valence-corrected chi connectivity index (χ1v) is 12.2. The lowest BCUT2D eigenvalue weighted by Crippen LogP contribution is -2.29. The summed E-state index contributed by atoms with van der Waals surface area (Å²) in [4.78, 5) is 17.7. The molecular formula is C29H28N4O4. The van der Waals surface area contributed by atoms with E-state index in [1.165, 1.54) is 6.33 Å². The van der Waals surface area contributed by atoms with Crippen LogP contribution in [0.25, 0.3) is 0 Å². The van der Waals surface area contributed by atoms with Crippen LogP contribution >= 0.6 is 0 Å². The van der Waals surface area contributed by atoms with Gasteiger partial charge in [-0.2, -0.15) is 10.1 Å². The van der Waals surface area contributed by atoms with Gasteiger partial charge in [0, 0.05) is 5.70 Å². The minimum atomic E-state index is -0.551. The van der Waals surface area contributed by atoms with Gasteiger partial charge in [-0.25, -0.2) is 9.48 Å². The van der Waals surface area contributed by atoms with Crippen molar-refractivity contribution < 1.29 is 19.0 Å². The van der Waals surface area contributed by atoms with E-state index in [1.807, 2.05) is 92.7 Å². The fourth-order valence-corrected chi connectivity index (χ4v) is 4.28. The van der Waals surface area contributed by atoms with E-state index in [0.29, 0.717) is 41.9 Å². The Morgan fingerprint density at radius 3 is 2.32 bits per heavy atom. The van der Waals surface area contributed by atoms with Crippen LogP contribution in [0.4, 0.5) is 5.95 Å². The van der Waals surface area contributed by atoms with E-state index in [1.54, 1.807) is 4.68 Å². The van der Waals surface area contributed by atoms with Crippen molar-refractivity contribution in [2.45, 2.75) is 33.1 Å². The Hall–Kier alpha value is -4.59. The molecular weight excluding hydrogens is 468 g/mol. The first-order valence-electron chi connectivity index (χ1n) is 12.2. The van der Waals surface area contributed by atoms with Crippen LogP contribution in [0.5, 0.6) is 11.5 Å². The average Bonchev–Trinajstić information content (AvgIpc) is 3.39. The zero-order chi connectivity index (χ0) is 25.6. The van der Waals surface area contributed by atoms with E-state index < -0.39 is 12.0 Å². The summed E-state index contributed by atoms with van der Waals surface area (Å²) in [5.74, 6) is 1.33. The molecule has 0 spiro atoms. The summed E-state index contributed by atoms with van der Waals surface area (Å²) >= 11 is 0. The standard InChI is InChI=1S/C29H28N4O4/c1-3-35-25-16-23(14-15-24(25)36-17-21-10-6-4-7-11-21)27-26(20(2)32-29-30-19-31-33(27)29)28(34)37-18-22-12-8-5-9-13-22/h4-16,19,27H,3,17-18H2,1-2H3,(H,30,31,32)/t27-/m1/s1. The summed E-state index contributed by atoms with van der Waals surface area (Å²) < 4.78 is 19.4. The number of benzene rings is 3. The molecule has 8 nitrogen and oxygen atoms in total. The number of ether oxygens (including phenoxy) is 3. The van der Waals surface area contributed by atoms with Crippen molar-refractivity contribution in [1.82, 2.24) is 14.8 Å². The van der Waals surface area contributed by atoms with E-state index in [9.17, 15) is 4.79 Å². The lowest BCUT2D eigenvalue weighted by Gasteiger charge is -2.28. The molecule has 0 radical (unpaired) electrons. The molecule has 0 bridgehead atoms. The van der Waals surface area contributed by atoms with Crippen LogP contribution in [0.3, 0.4) is 0 Å². The number of nitrogens with zero attached hydrogens (tertiary/aromatic N) is 3. The topological polar surface area (TPSA) is 87.5 Å². The molecule has 8 heteroatoms. The number of rotatable bonds is 9. The maximum Gasteiger partial charge on any atom is 0.338 e. The first-order chi connectivity index (χ1) is 18.1. The number of anilines is 1. The third-order valence-corrected chi connectivity index (χ3v) is 6.05. The highest BCUT2D eigenvalue weighted by Crippen LogP contribution is 2.39. The number of aromatic nitrogens is 3.